The highest BCUT2D eigenvalue weighted by molar-refractivity contribution is 6.31. The van der Waals surface area contributed by atoms with Crippen LogP contribution in [-0.4, -0.2) is 29.2 Å². The van der Waals surface area contributed by atoms with Crippen molar-refractivity contribution in [3.05, 3.63) is 40.9 Å². The third-order valence-corrected chi connectivity index (χ3v) is 6.36. The van der Waals surface area contributed by atoms with Gasteiger partial charge in [0.2, 0.25) is 17.7 Å². The molecule has 0 spiro atoms. The summed E-state index contributed by atoms with van der Waals surface area (Å²) >= 11 is 6.06. The van der Waals surface area contributed by atoms with E-state index in [1.807, 2.05) is 6.92 Å². The third-order valence-electron chi connectivity index (χ3n) is 5.95. The lowest BCUT2D eigenvalue weighted by atomic mass is 9.63. The van der Waals surface area contributed by atoms with Crippen LogP contribution in [0.25, 0.3) is 0 Å². The van der Waals surface area contributed by atoms with Crippen molar-refractivity contribution in [3.8, 4) is 0 Å². The summed E-state index contributed by atoms with van der Waals surface area (Å²) in [5.41, 5.74) is 1.45. The highest BCUT2D eigenvalue weighted by Crippen LogP contribution is 2.49. The maximum Gasteiger partial charge on any atom is 0.233 e. The molecule has 4 aliphatic rings. The normalized spacial score (nSPS) is 29.2. The van der Waals surface area contributed by atoms with Crippen molar-refractivity contribution in [3.63, 3.8) is 0 Å². The number of allylic oxidation sites excluding steroid dienone is 2. The minimum atomic E-state index is -0.230. The molecule has 136 valence electrons. The maximum absolute atomic E-state index is 12.7. The fraction of sp³-hybridized carbons (Fsp3) is 0.450. The zero-order valence-corrected chi connectivity index (χ0v) is 15.3. The van der Waals surface area contributed by atoms with Crippen LogP contribution in [0.4, 0.5) is 5.69 Å². The Morgan fingerprint density at radius 1 is 1.15 bits per heavy atom. The second kappa shape index (κ2) is 6.54. The Hall–Kier alpha value is -2.14. The molecule has 1 aliphatic heterocycles. The number of carbonyl (C=O) groups is 3. The Balaban J connectivity index is 1.41. The van der Waals surface area contributed by atoms with Crippen molar-refractivity contribution in [2.24, 2.45) is 23.7 Å². The zero-order chi connectivity index (χ0) is 18.4. The second-order valence-electron chi connectivity index (χ2n) is 7.38. The number of anilines is 1. The van der Waals surface area contributed by atoms with E-state index in [1.54, 1.807) is 18.2 Å². The fourth-order valence-corrected chi connectivity index (χ4v) is 4.70. The number of benzene rings is 1. The van der Waals surface area contributed by atoms with Crippen LogP contribution in [-0.2, 0) is 14.4 Å². The van der Waals surface area contributed by atoms with Gasteiger partial charge in [0.15, 0.2) is 0 Å². The average molecular weight is 373 g/mol. The van der Waals surface area contributed by atoms with Gasteiger partial charge in [-0.3, -0.25) is 19.3 Å². The lowest BCUT2D eigenvalue weighted by molar-refractivity contribution is -0.140. The van der Waals surface area contributed by atoms with E-state index >= 15 is 0 Å². The van der Waals surface area contributed by atoms with Gasteiger partial charge in [-0.2, -0.15) is 0 Å². The molecule has 5 nitrogen and oxygen atoms in total. The molecular formula is C20H21ClN2O3. The number of nitrogens with one attached hydrogen (secondary N) is 1. The largest absolute Gasteiger partial charge is 0.326 e. The number of fused-ring (bicyclic) bond motifs is 1. The minimum Gasteiger partial charge on any atom is -0.326 e. The molecule has 2 bridgehead atoms. The van der Waals surface area contributed by atoms with Crippen LogP contribution in [0.1, 0.15) is 24.8 Å². The smallest absolute Gasteiger partial charge is 0.233 e. The van der Waals surface area contributed by atoms with Gasteiger partial charge >= 0.3 is 0 Å². The van der Waals surface area contributed by atoms with Gasteiger partial charge in [0.1, 0.15) is 0 Å². The van der Waals surface area contributed by atoms with Crippen LogP contribution in [0.15, 0.2) is 30.4 Å². The summed E-state index contributed by atoms with van der Waals surface area (Å²) < 4.78 is 0. The van der Waals surface area contributed by atoms with E-state index in [0.717, 1.165) is 18.4 Å². The predicted molar refractivity (Wildman–Crippen MR) is 98.5 cm³/mol. The van der Waals surface area contributed by atoms with Gasteiger partial charge in [0, 0.05) is 23.7 Å². The third kappa shape index (κ3) is 2.75. The van der Waals surface area contributed by atoms with E-state index < -0.39 is 0 Å². The molecule has 5 rings (SSSR count). The summed E-state index contributed by atoms with van der Waals surface area (Å²) in [5.74, 6) is -0.527. The van der Waals surface area contributed by atoms with Crippen LogP contribution in [0.2, 0.25) is 5.02 Å². The Morgan fingerprint density at radius 2 is 1.77 bits per heavy atom. The fourth-order valence-electron chi connectivity index (χ4n) is 4.53. The van der Waals surface area contributed by atoms with Crippen molar-refractivity contribution in [1.82, 2.24) is 4.90 Å². The highest BCUT2D eigenvalue weighted by Gasteiger charge is 2.56. The number of carbonyl (C=O) groups excluding carboxylic acids is 3. The monoisotopic (exact) mass is 372 g/mol. The summed E-state index contributed by atoms with van der Waals surface area (Å²) in [7, 11) is 0. The molecule has 1 saturated heterocycles. The molecule has 0 radical (unpaired) electrons. The topological polar surface area (TPSA) is 66.5 Å². The van der Waals surface area contributed by atoms with Gasteiger partial charge in [-0.05, 0) is 49.3 Å². The van der Waals surface area contributed by atoms with Gasteiger partial charge in [0.25, 0.3) is 0 Å². The van der Waals surface area contributed by atoms with Crippen LogP contribution in [0, 0.1) is 30.6 Å². The minimum absolute atomic E-state index is 0.0889. The Bertz CT molecular complexity index is 787. The van der Waals surface area contributed by atoms with Crippen molar-refractivity contribution in [2.75, 3.05) is 11.9 Å². The molecule has 3 amide bonds. The summed E-state index contributed by atoms with van der Waals surface area (Å²) in [6.07, 6.45) is 6.23. The number of rotatable bonds is 4. The maximum atomic E-state index is 12.7. The quantitative estimate of drug-likeness (QED) is 0.652. The van der Waals surface area contributed by atoms with Crippen molar-refractivity contribution in [1.29, 1.82) is 0 Å². The number of likely N-dealkylation sites (tertiary alicyclic amines) is 1. The van der Waals surface area contributed by atoms with Crippen molar-refractivity contribution < 1.29 is 14.4 Å². The molecule has 1 aromatic rings. The summed E-state index contributed by atoms with van der Waals surface area (Å²) in [5, 5.41) is 3.40. The first-order valence-electron chi connectivity index (χ1n) is 9.06. The first kappa shape index (κ1) is 17.3. The SMILES string of the molecule is Cc1c(Cl)cccc1NC(=O)CCN1C(=O)C2C3C=CC(CC3)C2C1=O. The summed E-state index contributed by atoms with van der Waals surface area (Å²) in [6, 6.07) is 5.31. The molecule has 4 unspecified atom stereocenters. The standard InChI is InChI=1S/C20H21ClN2O3/c1-11-14(21)3-2-4-15(11)22-16(24)9-10-23-19(25)17-12-5-6-13(8-7-12)18(17)20(23)26/h2-6,12-13,17-18H,7-10H2,1H3,(H,22,24). The average Bonchev–Trinajstić information content (AvgIpc) is 2.91. The number of hydrogen-bond acceptors (Lipinski definition) is 3. The molecular weight excluding hydrogens is 352 g/mol. The van der Waals surface area contributed by atoms with Gasteiger partial charge < -0.3 is 5.32 Å². The number of hydrogen-bond donors (Lipinski definition) is 1. The highest BCUT2D eigenvalue weighted by atomic mass is 35.5. The molecule has 1 aromatic carbocycles. The molecule has 0 aromatic heterocycles. The van der Waals surface area contributed by atoms with Crippen molar-refractivity contribution >= 4 is 35.0 Å². The van der Waals surface area contributed by atoms with Crippen LogP contribution in [0.3, 0.4) is 0 Å². The molecule has 1 N–H and O–H groups in total. The number of nitrogens with zero attached hydrogens (tertiary/aromatic N) is 1. The predicted octanol–water partition coefficient (Wildman–Crippen LogP) is 3.17. The number of imide groups is 1. The molecule has 2 fully saturated rings. The first-order chi connectivity index (χ1) is 12.5. The van der Waals surface area contributed by atoms with Crippen LogP contribution in [0.5, 0.6) is 0 Å². The first-order valence-corrected chi connectivity index (χ1v) is 9.43. The van der Waals surface area contributed by atoms with Gasteiger partial charge in [-0.25, -0.2) is 0 Å². The van der Waals surface area contributed by atoms with Crippen LogP contribution < -0.4 is 5.32 Å². The Morgan fingerprint density at radius 3 is 2.35 bits per heavy atom. The van der Waals surface area contributed by atoms with Crippen molar-refractivity contribution in [2.45, 2.75) is 26.2 Å². The molecule has 4 atom stereocenters. The van der Waals surface area contributed by atoms with E-state index in [1.165, 1.54) is 4.90 Å². The van der Waals surface area contributed by atoms with E-state index in [2.05, 4.69) is 17.5 Å². The molecule has 1 heterocycles. The molecule has 26 heavy (non-hydrogen) atoms. The van der Waals surface area contributed by atoms with Gasteiger partial charge in [0.05, 0.1) is 11.8 Å². The zero-order valence-electron chi connectivity index (χ0n) is 14.6. The Labute approximate surface area is 157 Å². The second-order valence-corrected chi connectivity index (χ2v) is 7.79. The number of halogens is 1. The van der Waals surface area contributed by atoms with E-state index in [-0.39, 0.29) is 54.4 Å². The van der Waals surface area contributed by atoms with Crippen LogP contribution >= 0.6 is 11.6 Å². The lowest BCUT2D eigenvalue weighted by Crippen LogP contribution is -2.38. The molecule has 3 aliphatic carbocycles. The van der Waals surface area contributed by atoms with Gasteiger partial charge in [-0.15, -0.1) is 0 Å². The Kier molecular flexibility index (Phi) is 4.35. The van der Waals surface area contributed by atoms with Gasteiger partial charge in [-0.1, -0.05) is 29.8 Å². The van der Waals surface area contributed by atoms with E-state index in [9.17, 15) is 14.4 Å². The van der Waals surface area contributed by atoms with E-state index in [0.29, 0.717) is 10.7 Å². The molecule has 1 saturated carbocycles. The summed E-state index contributed by atoms with van der Waals surface area (Å²) in [4.78, 5) is 39.1. The lowest BCUT2D eigenvalue weighted by Gasteiger charge is -2.38. The number of amides is 3. The van der Waals surface area contributed by atoms with E-state index in [4.69, 9.17) is 11.6 Å². The summed E-state index contributed by atoms with van der Waals surface area (Å²) in [6.45, 7) is 1.97. The molecule has 6 heteroatoms.